The standard InChI is InChI=1S/C27H28ClFN6O.C5H9O2/c1-15(2)22-24(16(3)9-10-31-22)35-26-19(25(33-27(35)36)34-12-11-30-14-17(34)4)13-20(28)23(32-26)18-7-5-6-8-21(18)29;1-5(2,3)7-4-6/h5-10,13,15,17,30H,11-12,14H2,1-4H3;1-3H3. The van der Waals surface area contributed by atoms with E-state index >= 15 is 0 Å². The first-order valence-corrected chi connectivity index (χ1v) is 14.6. The van der Waals surface area contributed by atoms with E-state index in [1.807, 2.05) is 26.8 Å². The van der Waals surface area contributed by atoms with Gasteiger partial charge in [0.15, 0.2) is 5.65 Å². The van der Waals surface area contributed by atoms with E-state index in [0.717, 1.165) is 24.3 Å². The van der Waals surface area contributed by atoms with Gasteiger partial charge in [0.25, 0.3) is 0 Å². The number of aromatic nitrogens is 4. The van der Waals surface area contributed by atoms with E-state index in [1.165, 1.54) is 17.1 Å². The molecule has 0 aliphatic carbocycles. The zero-order valence-electron chi connectivity index (χ0n) is 25.5. The molecule has 1 aromatic carbocycles. The van der Waals surface area contributed by atoms with Crippen LogP contribution in [0, 0.1) is 12.7 Å². The number of hydrogen-bond donors (Lipinski definition) is 1. The Balaban J connectivity index is 0.000000541. The molecule has 3 aromatic heterocycles. The summed E-state index contributed by atoms with van der Waals surface area (Å²) in [6.45, 7) is 17.0. The number of piperazine rings is 1. The molecule has 0 bridgehead atoms. The zero-order valence-corrected chi connectivity index (χ0v) is 26.3. The average molecular weight is 608 g/mol. The first kappa shape index (κ1) is 32.0. The zero-order chi connectivity index (χ0) is 31.5. The molecule has 1 saturated heterocycles. The van der Waals surface area contributed by atoms with Crippen molar-refractivity contribution in [3.05, 3.63) is 75.2 Å². The molecular formula is C32H37ClFN6O3. The van der Waals surface area contributed by atoms with Crippen LogP contribution in [-0.2, 0) is 9.53 Å². The Labute approximate surface area is 256 Å². The van der Waals surface area contributed by atoms with Gasteiger partial charge < -0.3 is 15.0 Å². The monoisotopic (exact) mass is 607 g/mol. The Kier molecular flexibility index (Phi) is 9.82. The van der Waals surface area contributed by atoms with Crippen molar-refractivity contribution in [1.82, 2.24) is 24.8 Å². The van der Waals surface area contributed by atoms with Crippen molar-refractivity contribution in [3.63, 3.8) is 0 Å². The molecule has 9 nitrogen and oxygen atoms in total. The molecule has 1 unspecified atom stereocenters. The number of anilines is 1. The van der Waals surface area contributed by atoms with Crippen molar-refractivity contribution in [3.8, 4) is 16.9 Å². The number of halogens is 2. The van der Waals surface area contributed by atoms with Gasteiger partial charge in [0.2, 0.25) is 0 Å². The van der Waals surface area contributed by atoms with Gasteiger partial charge in [-0.3, -0.25) is 4.98 Å². The van der Waals surface area contributed by atoms with E-state index in [4.69, 9.17) is 16.6 Å². The van der Waals surface area contributed by atoms with Crippen LogP contribution in [0.2, 0.25) is 5.02 Å². The minimum Gasteiger partial charge on any atom is -0.452 e. The molecule has 4 aromatic rings. The van der Waals surface area contributed by atoms with Gasteiger partial charge in [0.1, 0.15) is 17.2 Å². The van der Waals surface area contributed by atoms with Gasteiger partial charge >= 0.3 is 12.2 Å². The predicted octanol–water partition coefficient (Wildman–Crippen LogP) is 5.73. The quantitative estimate of drug-likeness (QED) is 0.307. The fourth-order valence-electron chi connectivity index (χ4n) is 4.93. The smallest absolute Gasteiger partial charge is 0.418 e. The summed E-state index contributed by atoms with van der Waals surface area (Å²) < 4.78 is 20.7. The number of pyridine rings is 2. The molecule has 1 fully saturated rings. The first-order chi connectivity index (χ1) is 20.3. The number of ether oxygens (including phenoxy) is 1. The number of hydrogen-bond acceptors (Lipinski definition) is 8. The summed E-state index contributed by atoms with van der Waals surface area (Å²) in [6.07, 6.45) is 1.74. The SMILES string of the molecule is CC(C)(C)O[C]=O.Cc1ccnc(C(C)C)c1-n1c(=O)nc(N2CCNCC2C)c2cc(Cl)c(-c3ccccc3F)nc21. The van der Waals surface area contributed by atoms with E-state index < -0.39 is 11.5 Å². The molecule has 0 amide bonds. The van der Waals surface area contributed by atoms with E-state index in [1.54, 1.807) is 51.2 Å². The van der Waals surface area contributed by atoms with Crippen LogP contribution in [-0.4, -0.2) is 57.3 Å². The highest BCUT2D eigenvalue weighted by Gasteiger charge is 2.27. The Morgan fingerprint density at radius 1 is 1.19 bits per heavy atom. The van der Waals surface area contributed by atoms with Gasteiger partial charge in [0.05, 0.1) is 27.5 Å². The maximum Gasteiger partial charge on any atom is 0.418 e. The van der Waals surface area contributed by atoms with Gasteiger partial charge in [-0.1, -0.05) is 37.6 Å². The Morgan fingerprint density at radius 3 is 2.51 bits per heavy atom. The van der Waals surface area contributed by atoms with Gasteiger partial charge in [0, 0.05) is 37.4 Å². The van der Waals surface area contributed by atoms with Crippen LogP contribution >= 0.6 is 11.6 Å². The Morgan fingerprint density at radius 2 is 1.91 bits per heavy atom. The summed E-state index contributed by atoms with van der Waals surface area (Å²) in [4.78, 5) is 39.3. The molecule has 0 saturated carbocycles. The lowest BCUT2D eigenvalue weighted by Gasteiger charge is -2.35. The lowest BCUT2D eigenvalue weighted by atomic mass is 10.0. The lowest BCUT2D eigenvalue weighted by Crippen LogP contribution is -2.50. The van der Waals surface area contributed by atoms with Crippen molar-refractivity contribution in [2.75, 3.05) is 24.5 Å². The highest BCUT2D eigenvalue weighted by Crippen LogP contribution is 2.35. The topological polar surface area (TPSA) is 102 Å². The summed E-state index contributed by atoms with van der Waals surface area (Å²) in [5.41, 5.74) is 2.34. The van der Waals surface area contributed by atoms with Crippen LogP contribution in [0.15, 0.2) is 47.4 Å². The average Bonchev–Trinajstić information content (AvgIpc) is 2.93. The molecule has 1 aliphatic heterocycles. The molecule has 43 heavy (non-hydrogen) atoms. The largest absolute Gasteiger partial charge is 0.452 e. The minimum absolute atomic E-state index is 0.0491. The molecular weight excluding hydrogens is 571 g/mol. The summed E-state index contributed by atoms with van der Waals surface area (Å²) >= 11 is 6.72. The van der Waals surface area contributed by atoms with E-state index in [0.29, 0.717) is 29.1 Å². The Hall–Kier alpha value is -3.89. The second-order valence-electron chi connectivity index (χ2n) is 11.8. The number of nitrogens with zero attached hydrogens (tertiary/aromatic N) is 5. The van der Waals surface area contributed by atoms with Crippen LogP contribution in [0.5, 0.6) is 0 Å². The maximum atomic E-state index is 14.8. The number of benzene rings is 1. The third kappa shape index (κ3) is 7.02. The van der Waals surface area contributed by atoms with Crippen LogP contribution in [0.4, 0.5) is 10.2 Å². The summed E-state index contributed by atoms with van der Waals surface area (Å²) in [7, 11) is 0. The summed E-state index contributed by atoms with van der Waals surface area (Å²) in [5.74, 6) is 0.140. The second kappa shape index (κ2) is 13.2. The normalized spacial score (nSPS) is 15.3. The van der Waals surface area contributed by atoms with Crippen molar-refractivity contribution in [2.24, 2.45) is 0 Å². The molecule has 1 radical (unpaired) electrons. The molecule has 4 heterocycles. The third-order valence-electron chi connectivity index (χ3n) is 6.98. The van der Waals surface area contributed by atoms with Crippen LogP contribution in [0.25, 0.3) is 28.0 Å². The van der Waals surface area contributed by atoms with Crippen molar-refractivity contribution in [1.29, 1.82) is 0 Å². The number of nitrogens with one attached hydrogen (secondary N) is 1. The van der Waals surface area contributed by atoms with Gasteiger partial charge in [-0.15, -0.1) is 0 Å². The molecule has 1 atom stereocenters. The third-order valence-corrected chi connectivity index (χ3v) is 7.26. The molecule has 11 heteroatoms. The fourth-order valence-corrected chi connectivity index (χ4v) is 5.19. The second-order valence-corrected chi connectivity index (χ2v) is 12.2. The first-order valence-electron chi connectivity index (χ1n) is 14.2. The van der Waals surface area contributed by atoms with Gasteiger partial charge in [-0.05, 0) is 70.4 Å². The highest BCUT2D eigenvalue weighted by molar-refractivity contribution is 6.33. The van der Waals surface area contributed by atoms with Crippen LogP contribution in [0.3, 0.4) is 0 Å². The summed E-state index contributed by atoms with van der Waals surface area (Å²) in [6, 6.07) is 10.1. The number of carbonyl (C=O) groups excluding carboxylic acids is 1. The van der Waals surface area contributed by atoms with E-state index in [-0.39, 0.29) is 33.8 Å². The van der Waals surface area contributed by atoms with Gasteiger partial charge in [-0.25, -0.2) is 23.5 Å². The molecule has 1 aliphatic rings. The van der Waals surface area contributed by atoms with Crippen molar-refractivity contribution in [2.45, 2.75) is 66.0 Å². The predicted molar refractivity (Wildman–Crippen MR) is 168 cm³/mol. The minimum atomic E-state index is -0.462. The lowest BCUT2D eigenvalue weighted by molar-refractivity contribution is 0.109. The summed E-state index contributed by atoms with van der Waals surface area (Å²) in [5, 5.41) is 4.28. The Bertz CT molecular complexity index is 1680. The van der Waals surface area contributed by atoms with Crippen molar-refractivity contribution < 1.29 is 13.9 Å². The van der Waals surface area contributed by atoms with Gasteiger partial charge in [-0.2, -0.15) is 4.98 Å². The number of fused-ring (bicyclic) bond motifs is 1. The number of rotatable bonds is 5. The molecule has 227 valence electrons. The molecule has 1 N–H and O–H groups in total. The van der Waals surface area contributed by atoms with Crippen molar-refractivity contribution >= 4 is 34.9 Å². The highest BCUT2D eigenvalue weighted by atomic mass is 35.5. The van der Waals surface area contributed by atoms with E-state index in [2.05, 4.69) is 31.8 Å². The fraction of sp³-hybridized carbons (Fsp3) is 0.406. The maximum absolute atomic E-state index is 14.8. The number of aryl methyl sites for hydroxylation is 1. The van der Waals surface area contributed by atoms with Crippen LogP contribution < -0.4 is 15.9 Å². The van der Waals surface area contributed by atoms with E-state index in [9.17, 15) is 14.0 Å². The molecule has 5 rings (SSSR count). The van der Waals surface area contributed by atoms with Crippen LogP contribution in [0.1, 0.15) is 58.7 Å². The molecule has 0 spiro atoms.